The van der Waals surface area contributed by atoms with E-state index in [9.17, 15) is 4.79 Å². The van der Waals surface area contributed by atoms with Crippen LogP contribution in [0.25, 0.3) is 32.2 Å². The normalized spacial score (nSPS) is 11.2. The van der Waals surface area contributed by atoms with Crippen molar-refractivity contribution in [3.63, 3.8) is 0 Å². The number of thiophene rings is 1. The number of benzene rings is 2. The van der Waals surface area contributed by atoms with Gasteiger partial charge in [0, 0.05) is 45.4 Å². The third-order valence-corrected chi connectivity index (χ3v) is 5.58. The molecule has 0 saturated carbocycles. The zero-order valence-corrected chi connectivity index (χ0v) is 15.6. The highest BCUT2D eigenvalue weighted by Crippen LogP contribution is 2.38. The minimum Gasteiger partial charge on any atom is -0.497 e. The Morgan fingerprint density at radius 3 is 2.85 bits per heavy atom. The number of carbonyl (C=O) groups is 1. The second-order valence-corrected chi connectivity index (χ2v) is 7.18. The second-order valence-electron chi connectivity index (χ2n) is 6.27. The first kappa shape index (κ1) is 16.7. The van der Waals surface area contributed by atoms with Crippen LogP contribution in [0.3, 0.4) is 0 Å². The second kappa shape index (κ2) is 6.84. The number of amides is 1. The average Bonchev–Trinajstić information content (AvgIpc) is 3.22. The fourth-order valence-corrected chi connectivity index (χ4v) is 4.33. The van der Waals surface area contributed by atoms with Gasteiger partial charge in [0.15, 0.2) is 0 Å². The predicted molar refractivity (Wildman–Crippen MR) is 108 cm³/mol. The van der Waals surface area contributed by atoms with Crippen LogP contribution < -0.4 is 10.1 Å². The van der Waals surface area contributed by atoms with Gasteiger partial charge in [0.05, 0.1) is 12.8 Å². The lowest BCUT2D eigenvalue weighted by molar-refractivity contribution is -0.118. The van der Waals surface area contributed by atoms with Crippen molar-refractivity contribution in [2.45, 2.75) is 13.3 Å². The van der Waals surface area contributed by atoms with Crippen molar-refractivity contribution >= 4 is 38.2 Å². The van der Waals surface area contributed by atoms with E-state index in [4.69, 9.17) is 4.74 Å². The molecule has 5 heteroatoms. The van der Waals surface area contributed by atoms with Crippen LogP contribution in [-0.4, -0.2) is 24.5 Å². The lowest BCUT2D eigenvalue weighted by Crippen LogP contribution is -2.22. The highest BCUT2D eigenvalue weighted by molar-refractivity contribution is 7.17. The van der Waals surface area contributed by atoms with Crippen LogP contribution in [0.5, 0.6) is 5.75 Å². The number of ether oxygens (including phenoxy) is 1. The summed E-state index contributed by atoms with van der Waals surface area (Å²) in [5, 5.41) is 7.49. The molecule has 2 heterocycles. The molecule has 0 atom stereocenters. The Balaban J connectivity index is 1.88. The molecule has 4 aromatic rings. The first-order chi connectivity index (χ1) is 12.7. The molecule has 0 spiro atoms. The Hall–Kier alpha value is -2.79. The molecule has 0 bridgehead atoms. The van der Waals surface area contributed by atoms with Gasteiger partial charge in [-0.25, -0.2) is 0 Å². The molecule has 0 saturated heterocycles. The molecule has 0 aliphatic rings. The molecule has 2 aromatic heterocycles. The molecule has 1 amide bonds. The van der Waals surface area contributed by atoms with E-state index >= 15 is 0 Å². The van der Waals surface area contributed by atoms with Crippen molar-refractivity contribution in [1.29, 1.82) is 0 Å². The van der Waals surface area contributed by atoms with E-state index in [2.05, 4.69) is 46.0 Å². The number of hydrogen-bond donors (Lipinski definition) is 2. The minimum atomic E-state index is -0.00930. The Bertz CT molecular complexity index is 1090. The van der Waals surface area contributed by atoms with Gasteiger partial charge in [-0.1, -0.05) is 18.2 Å². The SMILES string of the molecule is COc1ccc2[nH]c(-c3csc4ccccc34)c(CCNC(C)=O)c2c1. The van der Waals surface area contributed by atoms with E-state index in [1.54, 1.807) is 25.4 Å². The van der Waals surface area contributed by atoms with E-state index in [0.717, 1.165) is 28.8 Å². The largest absolute Gasteiger partial charge is 0.497 e. The van der Waals surface area contributed by atoms with Gasteiger partial charge in [0.25, 0.3) is 0 Å². The van der Waals surface area contributed by atoms with E-state index in [-0.39, 0.29) is 5.91 Å². The highest BCUT2D eigenvalue weighted by Gasteiger charge is 2.16. The first-order valence-corrected chi connectivity index (χ1v) is 9.45. The summed E-state index contributed by atoms with van der Waals surface area (Å²) in [6.07, 6.45) is 0.756. The molecule has 0 radical (unpaired) electrons. The molecule has 4 rings (SSSR count). The van der Waals surface area contributed by atoms with Crippen molar-refractivity contribution in [1.82, 2.24) is 10.3 Å². The van der Waals surface area contributed by atoms with Crippen LogP contribution in [-0.2, 0) is 11.2 Å². The topological polar surface area (TPSA) is 54.1 Å². The summed E-state index contributed by atoms with van der Waals surface area (Å²) < 4.78 is 6.68. The quantitative estimate of drug-likeness (QED) is 0.537. The van der Waals surface area contributed by atoms with Gasteiger partial charge in [0.1, 0.15) is 5.75 Å². The summed E-state index contributed by atoms with van der Waals surface area (Å²) in [6.45, 7) is 2.15. The summed E-state index contributed by atoms with van der Waals surface area (Å²) in [6, 6.07) is 14.5. The molecule has 2 aromatic carbocycles. The maximum absolute atomic E-state index is 11.3. The summed E-state index contributed by atoms with van der Waals surface area (Å²) in [5.41, 5.74) is 4.61. The summed E-state index contributed by atoms with van der Waals surface area (Å²) in [4.78, 5) is 14.9. The van der Waals surface area contributed by atoms with Crippen molar-refractivity contribution < 1.29 is 9.53 Å². The fraction of sp³-hybridized carbons (Fsp3) is 0.190. The highest BCUT2D eigenvalue weighted by atomic mass is 32.1. The van der Waals surface area contributed by atoms with Crippen LogP contribution in [0, 0.1) is 0 Å². The summed E-state index contributed by atoms with van der Waals surface area (Å²) >= 11 is 1.75. The van der Waals surface area contributed by atoms with Gasteiger partial charge >= 0.3 is 0 Å². The molecular weight excluding hydrogens is 344 g/mol. The Kier molecular flexibility index (Phi) is 4.39. The molecular formula is C21H20N2O2S. The molecule has 0 unspecified atom stereocenters. The van der Waals surface area contributed by atoms with Gasteiger partial charge in [-0.3, -0.25) is 4.79 Å². The minimum absolute atomic E-state index is 0.00930. The van der Waals surface area contributed by atoms with Crippen molar-refractivity contribution in [3.8, 4) is 17.0 Å². The van der Waals surface area contributed by atoms with Gasteiger partial charge in [0.2, 0.25) is 5.91 Å². The van der Waals surface area contributed by atoms with Gasteiger partial charge < -0.3 is 15.0 Å². The number of methoxy groups -OCH3 is 1. The summed E-state index contributed by atoms with van der Waals surface area (Å²) in [7, 11) is 1.68. The smallest absolute Gasteiger partial charge is 0.216 e. The number of hydrogen-bond acceptors (Lipinski definition) is 3. The van der Waals surface area contributed by atoms with Gasteiger partial charge in [-0.05, 0) is 36.2 Å². The number of nitrogens with one attached hydrogen (secondary N) is 2. The van der Waals surface area contributed by atoms with E-state index in [1.807, 2.05) is 12.1 Å². The van der Waals surface area contributed by atoms with E-state index in [0.29, 0.717) is 6.54 Å². The number of fused-ring (bicyclic) bond motifs is 2. The molecule has 132 valence electrons. The van der Waals surface area contributed by atoms with Gasteiger partial charge in [-0.15, -0.1) is 11.3 Å². The number of H-pyrrole nitrogens is 1. The standard InChI is InChI=1S/C21H20N2O2S/c1-13(24)22-10-9-16-17-11-14(25-2)7-8-19(17)23-21(16)18-12-26-20-6-4-3-5-15(18)20/h3-8,11-12,23H,9-10H2,1-2H3,(H,22,24). The maximum atomic E-state index is 11.3. The Morgan fingerprint density at radius 1 is 1.19 bits per heavy atom. The number of aromatic amines is 1. The monoisotopic (exact) mass is 364 g/mol. The number of aromatic nitrogens is 1. The van der Waals surface area contributed by atoms with Crippen LogP contribution in [0.2, 0.25) is 0 Å². The Morgan fingerprint density at radius 2 is 2.04 bits per heavy atom. The van der Waals surface area contributed by atoms with Crippen LogP contribution >= 0.6 is 11.3 Å². The van der Waals surface area contributed by atoms with Crippen LogP contribution in [0.4, 0.5) is 0 Å². The van der Waals surface area contributed by atoms with Crippen LogP contribution in [0.1, 0.15) is 12.5 Å². The third kappa shape index (κ3) is 2.95. The zero-order valence-electron chi connectivity index (χ0n) is 14.8. The molecule has 0 fully saturated rings. The molecule has 26 heavy (non-hydrogen) atoms. The van der Waals surface area contributed by atoms with E-state index < -0.39 is 0 Å². The van der Waals surface area contributed by atoms with Gasteiger partial charge in [-0.2, -0.15) is 0 Å². The van der Waals surface area contributed by atoms with Crippen molar-refractivity contribution in [2.24, 2.45) is 0 Å². The zero-order chi connectivity index (χ0) is 18.1. The molecule has 0 aliphatic heterocycles. The summed E-state index contributed by atoms with van der Waals surface area (Å²) in [5.74, 6) is 0.823. The average molecular weight is 364 g/mol. The van der Waals surface area contributed by atoms with Crippen molar-refractivity contribution in [2.75, 3.05) is 13.7 Å². The number of rotatable bonds is 5. The Labute approximate surface area is 155 Å². The molecule has 0 aliphatic carbocycles. The van der Waals surface area contributed by atoms with Crippen molar-refractivity contribution in [3.05, 3.63) is 53.4 Å². The lowest BCUT2D eigenvalue weighted by atomic mass is 10.0. The van der Waals surface area contributed by atoms with E-state index in [1.165, 1.54) is 21.2 Å². The number of carbonyl (C=O) groups excluding carboxylic acids is 1. The molecule has 2 N–H and O–H groups in total. The first-order valence-electron chi connectivity index (χ1n) is 8.57. The molecule has 4 nitrogen and oxygen atoms in total. The lowest BCUT2D eigenvalue weighted by Gasteiger charge is -2.06. The maximum Gasteiger partial charge on any atom is 0.216 e. The predicted octanol–water partition coefficient (Wildman–Crippen LogP) is 4.74. The van der Waals surface area contributed by atoms with Crippen LogP contribution in [0.15, 0.2) is 47.8 Å². The third-order valence-electron chi connectivity index (χ3n) is 4.61. The fourth-order valence-electron chi connectivity index (χ4n) is 3.38.